The molecule has 0 aliphatic carbocycles. The summed E-state index contributed by atoms with van der Waals surface area (Å²) in [7, 11) is 0. The van der Waals surface area contributed by atoms with Crippen LogP contribution in [-0.2, 0) is 0 Å². The Labute approximate surface area is 69.6 Å². The lowest BCUT2D eigenvalue weighted by Gasteiger charge is -2.13. The Morgan fingerprint density at radius 1 is 1.33 bits per heavy atom. The number of aliphatic hydroxyl groups is 2. The third-order valence-corrected chi connectivity index (χ3v) is 1.14. The van der Waals surface area contributed by atoms with Crippen LogP contribution in [0.5, 0.6) is 0 Å². The molecule has 4 N–H and O–H groups in total. The van der Waals surface area contributed by atoms with Gasteiger partial charge in [-0.25, -0.2) is 4.79 Å². The molecule has 0 aromatic carbocycles. The Hall–Kier alpha value is -1.65. The number of hydrogen-bond donors (Lipinski definition) is 4. The van der Waals surface area contributed by atoms with E-state index in [-0.39, 0.29) is 17.9 Å². The molecule has 0 aromatic rings. The highest BCUT2D eigenvalue weighted by Gasteiger charge is 2.14. The molecule has 1 amide bonds. The van der Waals surface area contributed by atoms with Gasteiger partial charge in [0.15, 0.2) is 0 Å². The Balaban J connectivity index is 4.14. The van der Waals surface area contributed by atoms with Gasteiger partial charge in [0, 0.05) is 6.42 Å². The molecule has 0 saturated heterocycles. The number of nitrogens with one attached hydrogen (secondary N) is 1. The molecule has 12 heavy (non-hydrogen) atoms. The number of rotatable bonds is 4. The van der Waals surface area contributed by atoms with Crippen molar-refractivity contribution >= 4 is 6.09 Å². The highest BCUT2D eigenvalue weighted by Crippen LogP contribution is 2.05. The zero-order valence-electron chi connectivity index (χ0n) is 6.45. The minimum atomic E-state index is -1.29. The molecule has 0 aromatic heterocycles. The van der Waals surface area contributed by atoms with E-state index in [4.69, 9.17) is 15.3 Å². The maximum Gasteiger partial charge on any atom is 0.405 e. The van der Waals surface area contributed by atoms with Gasteiger partial charge < -0.3 is 20.6 Å². The van der Waals surface area contributed by atoms with Gasteiger partial charge in [0.05, 0.1) is 11.8 Å². The molecule has 5 heteroatoms. The van der Waals surface area contributed by atoms with E-state index in [0.717, 1.165) is 0 Å². The summed E-state index contributed by atoms with van der Waals surface area (Å²) >= 11 is 0. The van der Waals surface area contributed by atoms with Crippen molar-refractivity contribution in [1.29, 1.82) is 0 Å². The molecular weight excluding hydrogens is 162 g/mol. The molecule has 1 atom stereocenters. The van der Waals surface area contributed by atoms with Crippen LogP contribution in [0.4, 0.5) is 4.79 Å². The normalized spacial score (nSPS) is 11.7. The second-order valence-corrected chi connectivity index (χ2v) is 2.26. The first-order chi connectivity index (χ1) is 5.43. The molecule has 0 fully saturated rings. The molecular formula is C7H11NO4. The minimum Gasteiger partial charge on any atom is -0.513 e. The first kappa shape index (κ1) is 10.3. The van der Waals surface area contributed by atoms with Gasteiger partial charge >= 0.3 is 6.09 Å². The van der Waals surface area contributed by atoms with Crippen LogP contribution in [0.15, 0.2) is 24.7 Å². The highest BCUT2D eigenvalue weighted by atomic mass is 16.4. The SMILES string of the molecule is C=C(O)CC(NC(=O)O)C(=C)O. The van der Waals surface area contributed by atoms with Crippen molar-refractivity contribution in [2.45, 2.75) is 12.5 Å². The summed E-state index contributed by atoms with van der Waals surface area (Å²) in [5, 5.41) is 27.8. The number of amides is 1. The zero-order valence-corrected chi connectivity index (χ0v) is 6.45. The van der Waals surface area contributed by atoms with Gasteiger partial charge in [-0.1, -0.05) is 13.2 Å². The van der Waals surface area contributed by atoms with E-state index >= 15 is 0 Å². The van der Waals surface area contributed by atoms with E-state index < -0.39 is 12.1 Å². The van der Waals surface area contributed by atoms with Crippen LogP contribution in [0.2, 0.25) is 0 Å². The Morgan fingerprint density at radius 3 is 2.08 bits per heavy atom. The van der Waals surface area contributed by atoms with Gasteiger partial charge in [-0.2, -0.15) is 0 Å². The zero-order chi connectivity index (χ0) is 9.72. The standard InChI is InChI=1S/C7H11NO4/c1-4(9)3-6(5(2)10)8-7(11)12/h6,8-10H,1-3H2,(H,11,12). The predicted molar refractivity (Wildman–Crippen MR) is 43.1 cm³/mol. The fourth-order valence-corrected chi connectivity index (χ4v) is 0.637. The molecule has 0 bridgehead atoms. The number of carbonyl (C=O) groups is 1. The second kappa shape index (κ2) is 4.27. The fraction of sp³-hybridized carbons (Fsp3) is 0.286. The maximum atomic E-state index is 10.1. The largest absolute Gasteiger partial charge is 0.513 e. The molecule has 0 spiro atoms. The molecule has 0 radical (unpaired) electrons. The lowest BCUT2D eigenvalue weighted by molar-refractivity contribution is 0.186. The number of carboxylic acid groups (broad SMARTS) is 1. The molecule has 68 valence electrons. The Kier molecular flexibility index (Phi) is 3.69. The minimum absolute atomic E-state index is 0.0817. The molecule has 0 saturated carbocycles. The number of hydrogen-bond acceptors (Lipinski definition) is 3. The summed E-state index contributed by atoms with van der Waals surface area (Å²) in [5.74, 6) is -0.573. The summed E-state index contributed by atoms with van der Waals surface area (Å²) in [6, 6.07) is -0.903. The lowest BCUT2D eigenvalue weighted by atomic mass is 10.1. The average Bonchev–Trinajstić information content (AvgIpc) is 1.83. The van der Waals surface area contributed by atoms with Gasteiger partial charge in [-0.05, 0) is 0 Å². The van der Waals surface area contributed by atoms with Crippen molar-refractivity contribution in [3.63, 3.8) is 0 Å². The van der Waals surface area contributed by atoms with Crippen LogP contribution in [0.1, 0.15) is 6.42 Å². The first-order valence-corrected chi connectivity index (χ1v) is 3.17. The van der Waals surface area contributed by atoms with Gasteiger partial charge in [-0.3, -0.25) is 0 Å². The molecule has 0 aliphatic rings. The topological polar surface area (TPSA) is 89.8 Å². The lowest BCUT2D eigenvalue weighted by Crippen LogP contribution is -2.35. The summed E-state index contributed by atoms with van der Waals surface area (Å²) in [4.78, 5) is 10.1. The average molecular weight is 173 g/mol. The molecule has 0 rings (SSSR count). The molecule has 0 heterocycles. The van der Waals surface area contributed by atoms with Crippen molar-refractivity contribution in [3.8, 4) is 0 Å². The second-order valence-electron chi connectivity index (χ2n) is 2.26. The Bertz CT molecular complexity index is 195. The van der Waals surface area contributed by atoms with Crippen LogP contribution in [-0.4, -0.2) is 27.5 Å². The van der Waals surface area contributed by atoms with Gasteiger partial charge in [0.2, 0.25) is 0 Å². The van der Waals surface area contributed by atoms with Gasteiger partial charge in [0.1, 0.15) is 5.76 Å². The van der Waals surface area contributed by atoms with Gasteiger partial charge in [-0.15, -0.1) is 0 Å². The monoisotopic (exact) mass is 173 g/mol. The summed E-state index contributed by atoms with van der Waals surface area (Å²) < 4.78 is 0. The molecule has 1 unspecified atom stereocenters. The van der Waals surface area contributed by atoms with E-state index in [9.17, 15) is 4.79 Å². The van der Waals surface area contributed by atoms with Crippen molar-refractivity contribution < 1.29 is 20.1 Å². The quantitative estimate of drug-likeness (QED) is 0.480. The molecule has 5 nitrogen and oxygen atoms in total. The van der Waals surface area contributed by atoms with E-state index in [1.807, 2.05) is 5.32 Å². The van der Waals surface area contributed by atoms with Crippen molar-refractivity contribution in [2.24, 2.45) is 0 Å². The van der Waals surface area contributed by atoms with Crippen LogP contribution in [0.25, 0.3) is 0 Å². The smallest absolute Gasteiger partial charge is 0.405 e. The van der Waals surface area contributed by atoms with Crippen LogP contribution in [0, 0.1) is 0 Å². The third kappa shape index (κ3) is 4.21. The predicted octanol–water partition coefficient (Wildman–Crippen LogP) is 1.16. The van der Waals surface area contributed by atoms with Crippen molar-refractivity contribution in [3.05, 3.63) is 24.7 Å². The first-order valence-electron chi connectivity index (χ1n) is 3.17. The van der Waals surface area contributed by atoms with E-state index in [0.29, 0.717) is 0 Å². The van der Waals surface area contributed by atoms with E-state index in [1.165, 1.54) is 0 Å². The van der Waals surface area contributed by atoms with Gasteiger partial charge in [0.25, 0.3) is 0 Å². The van der Waals surface area contributed by atoms with E-state index in [1.54, 1.807) is 0 Å². The van der Waals surface area contributed by atoms with Crippen LogP contribution >= 0.6 is 0 Å². The maximum absolute atomic E-state index is 10.1. The highest BCUT2D eigenvalue weighted by molar-refractivity contribution is 5.65. The summed E-state index contributed by atoms with van der Waals surface area (Å²) in [5.41, 5.74) is 0. The Morgan fingerprint density at radius 2 is 1.83 bits per heavy atom. The number of aliphatic hydroxyl groups excluding tert-OH is 2. The molecule has 0 aliphatic heterocycles. The van der Waals surface area contributed by atoms with Crippen molar-refractivity contribution in [1.82, 2.24) is 5.32 Å². The van der Waals surface area contributed by atoms with Crippen molar-refractivity contribution in [2.75, 3.05) is 0 Å². The summed E-state index contributed by atoms with van der Waals surface area (Å²) in [6.07, 6.45) is -1.38. The third-order valence-electron chi connectivity index (χ3n) is 1.14. The fourth-order valence-electron chi connectivity index (χ4n) is 0.637. The van der Waals surface area contributed by atoms with E-state index in [2.05, 4.69) is 13.2 Å². The summed E-state index contributed by atoms with van der Waals surface area (Å²) in [6.45, 7) is 6.29. The van der Waals surface area contributed by atoms with Crippen LogP contribution < -0.4 is 5.32 Å². The van der Waals surface area contributed by atoms with Crippen LogP contribution in [0.3, 0.4) is 0 Å².